The first-order valence-corrected chi connectivity index (χ1v) is 17.2. The van der Waals surface area contributed by atoms with Gasteiger partial charge in [0.25, 0.3) is 0 Å². The Morgan fingerprint density at radius 3 is 1.58 bits per heavy atom. The van der Waals surface area contributed by atoms with Crippen LogP contribution in [0.4, 0.5) is 0 Å². The fraction of sp³-hybridized carbons (Fsp3) is 1.00. The maximum absolute atomic E-state index is 6.51. The molecule has 0 atom stereocenters. The van der Waals surface area contributed by atoms with E-state index in [1.54, 1.807) is 0 Å². The first-order chi connectivity index (χ1) is 8.54. The van der Waals surface area contributed by atoms with E-state index in [1.807, 2.05) is 0 Å². The van der Waals surface area contributed by atoms with Gasteiger partial charge in [0.1, 0.15) is 0 Å². The highest BCUT2D eigenvalue weighted by molar-refractivity contribution is 7.80. The molecule has 0 N–H and O–H groups in total. The van der Waals surface area contributed by atoms with Crippen LogP contribution in [-0.4, -0.2) is 30.9 Å². The molecule has 0 aromatic rings. The molecule has 0 amide bonds. The third kappa shape index (κ3) is 10.3. The first-order valence-electron chi connectivity index (χ1n) is 7.55. The van der Waals surface area contributed by atoms with Crippen LogP contribution in [0.5, 0.6) is 0 Å². The molecule has 6 heteroatoms. The standard InChI is InChI=1S/C13H34O2SSi3/c1-8-9-12-17(2,3)14-19(6,7)15-18(4,5)13-10-11-16/h16H,8-13H2,1-7H3. The van der Waals surface area contributed by atoms with Crippen LogP contribution in [0.15, 0.2) is 0 Å². The maximum Gasteiger partial charge on any atom is 0.311 e. The van der Waals surface area contributed by atoms with Gasteiger partial charge in [0.05, 0.1) is 0 Å². The lowest BCUT2D eigenvalue weighted by Gasteiger charge is -2.38. The van der Waals surface area contributed by atoms with Crippen molar-refractivity contribution in [3.05, 3.63) is 0 Å². The van der Waals surface area contributed by atoms with E-state index in [1.165, 1.54) is 24.9 Å². The smallest absolute Gasteiger partial charge is 0.311 e. The van der Waals surface area contributed by atoms with E-state index in [0.717, 1.165) is 12.2 Å². The topological polar surface area (TPSA) is 18.5 Å². The summed E-state index contributed by atoms with van der Waals surface area (Å²) in [6.45, 7) is 16.0. The van der Waals surface area contributed by atoms with Crippen molar-refractivity contribution in [2.24, 2.45) is 0 Å². The summed E-state index contributed by atoms with van der Waals surface area (Å²) >= 11 is 4.30. The molecule has 0 aromatic carbocycles. The summed E-state index contributed by atoms with van der Waals surface area (Å²) < 4.78 is 13.0. The molecule has 0 fully saturated rings. The summed E-state index contributed by atoms with van der Waals surface area (Å²) in [5.41, 5.74) is 0. The van der Waals surface area contributed by atoms with Crippen molar-refractivity contribution in [1.29, 1.82) is 0 Å². The number of hydrogen-bond acceptors (Lipinski definition) is 3. The Balaban J connectivity index is 4.44. The van der Waals surface area contributed by atoms with Gasteiger partial charge in [0.2, 0.25) is 0 Å². The van der Waals surface area contributed by atoms with Crippen LogP contribution in [0.1, 0.15) is 26.2 Å². The molecule has 0 bridgehead atoms. The molecule has 116 valence electrons. The van der Waals surface area contributed by atoms with Gasteiger partial charge in [-0.2, -0.15) is 12.6 Å². The average molecular weight is 339 g/mol. The van der Waals surface area contributed by atoms with Crippen molar-refractivity contribution in [3.8, 4) is 0 Å². The molecule has 0 aliphatic rings. The number of rotatable bonds is 10. The second kappa shape index (κ2) is 8.38. The fourth-order valence-corrected chi connectivity index (χ4v) is 17.3. The van der Waals surface area contributed by atoms with E-state index in [-0.39, 0.29) is 0 Å². The molecular weight excluding hydrogens is 304 g/mol. The quantitative estimate of drug-likeness (QED) is 0.433. The lowest BCUT2D eigenvalue weighted by molar-refractivity contribution is 0.387. The van der Waals surface area contributed by atoms with Crippen molar-refractivity contribution < 1.29 is 8.23 Å². The minimum Gasteiger partial charge on any atom is -0.437 e. The Morgan fingerprint density at radius 2 is 1.21 bits per heavy atom. The highest BCUT2D eigenvalue weighted by Crippen LogP contribution is 2.26. The minimum absolute atomic E-state index is 0.958. The molecular formula is C13H34O2SSi3. The van der Waals surface area contributed by atoms with Crippen LogP contribution in [0.25, 0.3) is 0 Å². The lowest BCUT2D eigenvalue weighted by Crippen LogP contribution is -2.52. The van der Waals surface area contributed by atoms with Crippen molar-refractivity contribution in [3.63, 3.8) is 0 Å². The van der Waals surface area contributed by atoms with E-state index in [9.17, 15) is 0 Å². The fourth-order valence-electron chi connectivity index (χ4n) is 2.56. The van der Waals surface area contributed by atoms with E-state index in [4.69, 9.17) is 8.23 Å². The predicted octanol–water partition coefficient (Wildman–Crippen LogP) is 5.25. The Labute approximate surface area is 129 Å². The van der Waals surface area contributed by atoms with Crippen molar-refractivity contribution >= 4 is 37.8 Å². The molecule has 0 heterocycles. The summed E-state index contributed by atoms with van der Waals surface area (Å²) in [4.78, 5) is 0. The second-order valence-corrected chi connectivity index (χ2v) is 20.0. The summed E-state index contributed by atoms with van der Waals surface area (Å²) in [7, 11) is -5.10. The Hall–Kier alpha value is 0.921. The summed E-state index contributed by atoms with van der Waals surface area (Å²) in [6.07, 6.45) is 3.69. The van der Waals surface area contributed by atoms with Crippen LogP contribution >= 0.6 is 12.6 Å². The molecule has 0 aromatic heterocycles. The molecule has 19 heavy (non-hydrogen) atoms. The SMILES string of the molecule is CCCC[Si](C)(C)O[Si](C)(C)O[Si](C)(C)CCCS. The maximum atomic E-state index is 6.51. The van der Waals surface area contributed by atoms with E-state index in [0.29, 0.717) is 0 Å². The van der Waals surface area contributed by atoms with Crippen LogP contribution in [-0.2, 0) is 8.23 Å². The lowest BCUT2D eigenvalue weighted by atomic mass is 10.4. The molecule has 0 aliphatic carbocycles. The Bertz CT molecular complexity index is 234. The normalized spacial score (nSPS) is 13.9. The number of thiol groups is 1. The zero-order valence-electron chi connectivity index (χ0n) is 14.0. The number of hydrogen-bond donors (Lipinski definition) is 1. The van der Waals surface area contributed by atoms with Crippen LogP contribution in [0, 0.1) is 0 Å². The van der Waals surface area contributed by atoms with Gasteiger partial charge in [-0.25, -0.2) is 0 Å². The highest BCUT2D eigenvalue weighted by Gasteiger charge is 2.38. The van der Waals surface area contributed by atoms with Gasteiger partial charge in [0.15, 0.2) is 16.6 Å². The summed E-state index contributed by atoms with van der Waals surface area (Å²) in [5, 5.41) is 0. The molecule has 0 aliphatic heterocycles. The van der Waals surface area contributed by atoms with Crippen molar-refractivity contribution in [1.82, 2.24) is 0 Å². The molecule has 0 saturated heterocycles. The van der Waals surface area contributed by atoms with Crippen LogP contribution in [0.3, 0.4) is 0 Å². The highest BCUT2D eigenvalue weighted by atomic mass is 32.1. The first kappa shape index (κ1) is 19.9. The van der Waals surface area contributed by atoms with Crippen molar-refractivity contribution in [2.75, 3.05) is 5.75 Å². The second-order valence-electron chi connectivity index (χ2n) is 7.05. The summed E-state index contributed by atoms with van der Waals surface area (Å²) in [5.74, 6) is 0.958. The van der Waals surface area contributed by atoms with Crippen LogP contribution in [0.2, 0.25) is 51.4 Å². The van der Waals surface area contributed by atoms with Gasteiger partial charge in [0, 0.05) is 0 Å². The third-order valence-electron chi connectivity index (χ3n) is 3.11. The number of unbranched alkanes of at least 4 members (excludes halogenated alkanes) is 1. The van der Waals surface area contributed by atoms with Gasteiger partial charge in [-0.3, -0.25) is 0 Å². The van der Waals surface area contributed by atoms with E-state index in [2.05, 4.69) is 58.8 Å². The van der Waals surface area contributed by atoms with Gasteiger partial charge < -0.3 is 8.23 Å². The Morgan fingerprint density at radius 1 is 0.789 bits per heavy atom. The summed E-state index contributed by atoms with van der Waals surface area (Å²) in [6, 6.07) is 2.44. The Kier molecular flexibility index (Phi) is 8.79. The largest absolute Gasteiger partial charge is 0.437 e. The minimum atomic E-state index is -1.98. The van der Waals surface area contributed by atoms with Gasteiger partial charge in [-0.15, -0.1) is 0 Å². The van der Waals surface area contributed by atoms with E-state index < -0.39 is 25.2 Å². The average Bonchev–Trinajstić information content (AvgIpc) is 2.20. The monoisotopic (exact) mass is 338 g/mol. The molecule has 0 spiro atoms. The predicted molar refractivity (Wildman–Crippen MR) is 97.6 cm³/mol. The molecule has 0 rings (SSSR count). The van der Waals surface area contributed by atoms with Crippen LogP contribution < -0.4 is 0 Å². The van der Waals surface area contributed by atoms with Crippen molar-refractivity contribution in [2.45, 2.75) is 77.6 Å². The van der Waals surface area contributed by atoms with Gasteiger partial charge in [-0.1, -0.05) is 19.8 Å². The zero-order chi connectivity index (χ0) is 15.2. The zero-order valence-corrected chi connectivity index (χ0v) is 17.9. The molecule has 0 saturated carbocycles. The van der Waals surface area contributed by atoms with Gasteiger partial charge in [-0.05, 0) is 63.5 Å². The van der Waals surface area contributed by atoms with E-state index >= 15 is 0 Å². The third-order valence-corrected chi connectivity index (χ3v) is 14.9. The van der Waals surface area contributed by atoms with Gasteiger partial charge >= 0.3 is 8.56 Å². The molecule has 0 radical (unpaired) electrons. The molecule has 2 nitrogen and oxygen atoms in total. The molecule has 0 unspecified atom stereocenters.